The summed E-state index contributed by atoms with van der Waals surface area (Å²) >= 11 is 3.30. The maximum Gasteiger partial charge on any atom is 0.137 e. The number of rotatable bonds is 5. The van der Waals surface area contributed by atoms with E-state index >= 15 is 0 Å². The van der Waals surface area contributed by atoms with Crippen LogP contribution in [0.4, 0.5) is 4.39 Å². The Balaban J connectivity index is 2.04. The molecule has 1 nitrogen and oxygen atoms in total. The molecule has 2 rings (SSSR count). The van der Waals surface area contributed by atoms with E-state index in [2.05, 4.69) is 28.2 Å². The van der Waals surface area contributed by atoms with Gasteiger partial charge in [-0.25, -0.2) is 4.39 Å². The molecule has 1 aromatic rings. The fraction of sp³-hybridized carbons (Fsp3) is 0.667. The van der Waals surface area contributed by atoms with E-state index in [-0.39, 0.29) is 5.82 Å². The van der Waals surface area contributed by atoms with E-state index in [1.165, 1.54) is 50.5 Å². The molecule has 1 aliphatic carbocycles. The lowest BCUT2D eigenvalue weighted by atomic mass is 9.83. The summed E-state index contributed by atoms with van der Waals surface area (Å²) in [5.74, 6) is 0.582. The number of hydrogen-bond donors (Lipinski definition) is 1. The van der Waals surface area contributed by atoms with Gasteiger partial charge in [0.2, 0.25) is 0 Å². The van der Waals surface area contributed by atoms with Crippen LogP contribution in [-0.2, 0) is 6.42 Å². The summed E-state index contributed by atoms with van der Waals surface area (Å²) in [5, 5.41) is 3.67. The van der Waals surface area contributed by atoms with Gasteiger partial charge in [0, 0.05) is 6.04 Å². The van der Waals surface area contributed by atoms with E-state index in [1.807, 2.05) is 12.1 Å². The van der Waals surface area contributed by atoms with E-state index in [0.29, 0.717) is 10.5 Å². The minimum absolute atomic E-state index is 0.176. The molecule has 0 saturated heterocycles. The Morgan fingerprint density at radius 2 is 1.86 bits per heavy atom. The highest BCUT2D eigenvalue weighted by Crippen LogP contribution is 2.27. The summed E-state index contributed by atoms with van der Waals surface area (Å²) in [6.07, 6.45) is 10.6. The van der Waals surface area contributed by atoms with Crippen LogP contribution in [0, 0.1) is 11.7 Å². The first-order chi connectivity index (χ1) is 10.2. The van der Waals surface area contributed by atoms with Crippen molar-refractivity contribution >= 4 is 15.9 Å². The van der Waals surface area contributed by atoms with Crippen LogP contribution in [0.25, 0.3) is 0 Å². The molecule has 1 N–H and O–H groups in total. The molecule has 1 atom stereocenters. The highest BCUT2D eigenvalue weighted by Gasteiger charge is 2.22. The number of nitrogens with one attached hydrogen (secondary N) is 1. The van der Waals surface area contributed by atoms with Crippen LogP contribution in [0.3, 0.4) is 0 Å². The van der Waals surface area contributed by atoms with Crippen molar-refractivity contribution in [2.45, 2.75) is 64.3 Å². The zero-order valence-electron chi connectivity index (χ0n) is 13.0. The summed E-state index contributed by atoms with van der Waals surface area (Å²) in [6.45, 7) is 3.18. The van der Waals surface area contributed by atoms with Crippen molar-refractivity contribution in [3.63, 3.8) is 0 Å². The van der Waals surface area contributed by atoms with E-state index in [1.54, 1.807) is 6.07 Å². The van der Waals surface area contributed by atoms with Gasteiger partial charge in [-0.2, -0.15) is 0 Å². The monoisotopic (exact) mass is 355 g/mol. The summed E-state index contributed by atoms with van der Waals surface area (Å²) in [7, 11) is 0. The van der Waals surface area contributed by atoms with Crippen LogP contribution >= 0.6 is 15.9 Å². The predicted octanol–water partition coefficient (Wildman–Crippen LogP) is 5.47. The van der Waals surface area contributed by atoms with Gasteiger partial charge in [0.1, 0.15) is 5.82 Å². The lowest BCUT2D eigenvalue weighted by molar-refractivity contribution is 0.286. The van der Waals surface area contributed by atoms with Crippen LogP contribution < -0.4 is 5.32 Å². The first kappa shape index (κ1) is 17.0. The largest absolute Gasteiger partial charge is 0.314 e. The molecule has 1 saturated carbocycles. The highest BCUT2D eigenvalue weighted by molar-refractivity contribution is 9.10. The third-order valence-corrected chi connectivity index (χ3v) is 5.23. The van der Waals surface area contributed by atoms with Gasteiger partial charge in [-0.3, -0.25) is 0 Å². The standard InChI is InChI=1S/C18H27BrFN/c1-2-21-18(15-8-6-4-3-5-7-9-15)13-14-10-11-17(20)16(19)12-14/h10-12,15,18,21H,2-9,13H2,1H3. The second-order valence-corrected chi connectivity index (χ2v) is 7.08. The average molecular weight is 356 g/mol. The smallest absolute Gasteiger partial charge is 0.137 e. The molecule has 0 heterocycles. The Morgan fingerprint density at radius 1 is 1.19 bits per heavy atom. The third kappa shape index (κ3) is 5.37. The van der Waals surface area contributed by atoms with Crippen molar-refractivity contribution in [3.05, 3.63) is 34.1 Å². The fourth-order valence-corrected chi connectivity index (χ4v) is 3.90. The van der Waals surface area contributed by atoms with Gasteiger partial charge in [-0.15, -0.1) is 0 Å². The second kappa shape index (κ2) is 8.89. The molecule has 1 fully saturated rings. The van der Waals surface area contributed by atoms with Crippen LogP contribution in [0.1, 0.15) is 57.4 Å². The maximum atomic E-state index is 13.4. The van der Waals surface area contributed by atoms with Crippen molar-refractivity contribution < 1.29 is 4.39 Å². The lowest BCUT2D eigenvalue weighted by Crippen LogP contribution is -2.38. The van der Waals surface area contributed by atoms with Gasteiger partial charge in [-0.1, -0.05) is 45.1 Å². The van der Waals surface area contributed by atoms with Gasteiger partial charge in [-0.05, 0) is 65.4 Å². The minimum atomic E-state index is -0.176. The average Bonchev–Trinajstić information content (AvgIpc) is 2.42. The zero-order valence-corrected chi connectivity index (χ0v) is 14.6. The molecule has 0 radical (unpaired) electrons. The summed E-state index contributed by atoms with van der Waals surface area (Å²) in [5.41, 5.74) is 1.22. The van der Waals surface area contributed by atoms with Crippen molar-refractivity contribution in [1.29, 1.82) is 0 Å². The first-order valence-electron chi connectivity index (χ1n) is 8.38. The van der Waals surface area contributed by atoms with Crippen molar-refractivity contribution in [2.24, 2.45) is 5.92 Å². The van der Waals surface area contributed by atoms with Gasteiger partial charge in [0.15, 0.2) is 0 Å². The molecular formula is C18H27BrFN. The molecule has 118 valence electrons. The third-order valence-electron chi connectivity index (χ3n) is 4.62. The highest BCUT2D eigenvalue weighted by atomic mass is 79.9. The lowest BCUT2D eigenvalue weighted by Gasteiger charge is -2.29. The Morgan fingerprint density at radius 3 is 2.48 bits per heavy atom. The summed E-state index contributed by atoms with van der Waals surface area (Å²) in [6, 6.07) is 5.95. The van der Waals surface area contributed by atoms with Crippen LogP contribution in [0.15, 0.2) is 22.7 Å². The van der Waals surface area contributed by atoms with Crippen molar-refractivity contribution in [2.75, 3.05) is 6.54 Å². The van der Waals surface area contributed by atoms with Gasteiger partial charge < -0.3 is 5.32 Å². The zero-order chi connectivity index (χ0) is 15.1. The Hall–Kier alpha value is -0.410. The van der Waals surface area contributed by atoms with Crippen LogP contribution in [0.5, 0.6) is 0 Å². The number of benzene rings is 1. The minimum Gasteiger partial charge on any atom is -0.314 e. The Labute approximate surface area is 136 Å². The number of likely N-dealkylation sites (N-methyl/N-ethyl adjacent to an activating group) is 1. The van der Waals surface area contributed by atoms with Gasteiger partial charge in [0.05, 0.1) is 4.47 Å². The van der Waals surface area contributed by atoms with E-state index < -0.39 is 0 Å². The quantitative estimate of drug-likeness (QED) is 0.738. The predicted molar refractivity (Wildman–Crippen MR) is 91.1 cm³/mol. The topological polar surface area (TPSA) is 12.0 Å². The fourth-order valence-electron chi connectivity index (χ4n) is 3.48. The maximum absolute atomic E-state index is 13.4. The molecule has 1 aromatic carbocycles. The molecule has 0 amide bonds. The SMILES string of the molecule is CCNC(Cc1ccc(F)c(Br)c1)C1CCCCCCC1. The van der Waals surface area contributed by atoms with E-state index in [9.17, 15) is 4.39 Å². The molecule has 0 bridgehead atoms. The number of halogens is 2. The first-order valence-corrected chi connectivity index (χ1v) is 9.17. The molecule has 3 heteroatoms. The van der Waals surface area contributed by atoms with Crippen molar-refractivity contribution in [3.8, 4) is 0 Å². The molecule has 1 aliphatic rings. The van der Waals surface area contributed by atoms with Crippen LogP contribution in [-0.4, -0.2) is 12.6 Å². The normalized spacial score (nSPS) is 19.0. The molecule has 21 heavy (non-hydrogen) atoms. The molecule has 1 unspecified atom stereocenters. The summed E-state index contributed by atoms with van der Waals surface area (Å²) in [4.78, 5) is 0. The molecule has 0 spiro atoms. The molecular weight excluding hydrogens is 329 g/mol. The van der Waals surface area contributed by atoms with Crippen LogP contribution in [0.2, 0.25) is 0 Å². The van der Waals surface area contributed by atoms with Crippen molar-refractivity contribution in [1.82, 2.24) is 5.32 Å². The molecule has 0 aromatic heterocycles. The van der Waals surface area contributed by atoms with Gasteiger partial charge >= 0.3 is 0 Å². The Kier molecular flexibility index (Phi) is 7.18. The van der Waals surface area contributed by atoms with E-state index in [4.69, 9.17) is 0 Å². The summed E-state index contributed by atoms with van der Waals surface area (Å²) < 4.78 is 14.0. The van der Waals surface area contributed by atoms with E-state index in [0.717, 1.165) is 18.9 Å². The Bertz CT molecular complexity index is 427. The second-order valence-electron chi connectivity index (χ2n) is 6.22. The van der Waals surface area contributed by atoms with Gasteiger partial charge in [0.25, 0.3) is 0 Å². The number of hydrogen-bond acceptors (Lipinski definition) is 1. The molecule has 0 aliphatic heterocycles.